The Hall–Kier alpha value is -3.09. The number of aromatic nitrogens is 1. The summed E-state index contributed by atoms with van der Waals surface area (Å²) in [5.74, 6) is -1.02. The van der Waals surface area contributed by atoms with Gasteiger partial charge in [-0.15, -0.1) is 0 Å². The summed E-state index contributed by atoms with van der Waals surface area (Å²) in [6, 6.07) is 10.5. The Morgan fingerprint density at radius 1 is 1.12 bits per heavy atom. The molecule has 136 valence electrons. The molecule has 1 heterocycles. The number of ether oxygens (including phenoxy) is 2. The summed E-state index contributed by atoms with van der Waals surface area (Å²) in [6.45, 7) is 3.55. The number of hydrogen-bond donors (Lipinski definition) is 2. The Morgan fingerprint density at radius 3 is 2.35 bits per heavy atom. The van der Waals surface area contributed by atoms with Crippen LogP contribution < -0.4 is 14.8 Å². The zero-order chi connectivity index (χ0) is 18.9. The first kappa shape index (κ1) is 17.7. The van der Waals surface area contributed by atoms with E-state index in [1.54, 1.807) is 45.2 Å². The molecule has 7 heteroatoms. The van der Waals surface area contributed by atoms with Crippen molar-refractivity contribution >= 4 is 17.6 Å². The van der Waals surface area contributed by atoms with Gasteiger partial charge in [0.15, 0.2) is 11.5 Å². The highest BCUT2D eigenvalue weighted by atomic mass is 16.5. The van der Waals surface area contributed by atoms with E-state index >= 15 is 0 Å². The van der Waals surface area contributed by atoms with Gasteiger partial charge < -0.3 is 19.9 Å². The molecular weight excluding hydrogens is 336 g/mol. The third-order valence-corrected chi connectivity index (χ3v) is 4.66. The predicted molar refractivity (Wildman–Crippen MR) is 94.3 cm³/mol. The summed E-state index contributed by atoms with van der Waals surface area (Å²) < 4.78 is 10.9. The lowest BCUT2D eigenvalue weighted by Crippen LogP contribution is -2.17. The van der Waals surface area contributed by atoms with Gasteiger partial charge in [0.05, 0.1) is 30.8 Å². The fourth-order valence-corrected chi connectivity index (χ4v) is 3.14. The molecule has 1 aromatic heterocycles. The molecule has 26 heavy (non-hydrogen) atoms. The van der Waals surface area contributed by atoms with Gasteiger partial charge in [0.2, 0.25) is 11.8 Å². The molecule has 0 spiro atoms. The average molecular weight is 356 g/mol. The SMILES string of the molecule is COc1ccccc1Oc1ccc(NC(=O)C2C(C(=O)O)C2(C)C)cn1. The highest BCUT2D eigenvalue weighted by Crippen LogP contribution is 2.58. The van der Waals surface area contributed by atoms with E-state index in [4.69, 9.17) is 9.47 Å². The smallest absolute Gasteiger partial charge is 0.307 e. The molecule has 1 saturated carbocycles. The number of rotatable bonds is 6. The highest BCUT2D eigenvalue weighted by molar-refractivity contribution is 5.99. The number of para-hydroxylation sites is 2. The van der Waals surface area contributed by atoms with Crippen molar-refractivity contribution in [1.29, 1.82) is 0 Å². The Kier molecular flexibility index (Phi) is 4.54. The predicted octanol–water partition coefficient (Wildman–Crippen LogP) is 3.18. The summed E-state index contributed by atoms with van der Waals surface area (Å²) in [5, 5.41) is 11.9. The van der Waals surface area contributed by atoms with Crippen LogP contribution in [0.2, 0.25) is 0 Å². The van der Waals surface area contributed by atoms with Crippen LogP contribution in [0.3, 0.4) is 0 Å². The number of nitrogens with zero attached hydrogens (tertiary/aromatic N) is 1. The lowest BCUT2D eigenvalue weighted by molar-refractivity contribution is -0.140. The fourth-order valence-electron chi connectivity index (χ4n) is 3.14. The van der Waals surface area contributed by atoms with Crippen LogP contribution in [0.25, 0.3) is 0 Å². The third-order valence-electron chi connectivity index (χ3n) is 4.66. The first-order chi connectivity index (χ1) is 12.3. The van der Waals surface area contributed by atoms with Gasteiger partial charge in [-0.2, -0.15) is 0 Å². The van der Waals surface area contributed by atoms with Crippen LogP contribution in [-0.4, -0.2) is 29.1 Å². The van der Waals surface area contributed by atoms with Crippen molar-refractivity contribution in [1.82, 2.24) is 4.98 Å². The molecule has 7 nitrogen and oxygen atoms in total. The minimum absolute atomic E-state index is 0.317. The van der Waals surface area contributed by atoms with Gasteiger partial charge in [0, 0.05) is 6.07 Å². The van der Waals surface area contributed by atoms with Crippen molar-refractivity contribution in [2.24, 2.45) is 17.3 Å². The summed E-state index contributed by atoms with van der Waals surface area (Å²) in [5.41, 5.74) is -0.0646. The molecule has 2 unspecified atom stereocenters. The van der Waals surface area contributed by atoms with Crippen molar-refractivity contribution in [3.8, 4) is 17.4 Å². The average Bonchev–Trinajstić information content (AvgIpc) is 3.20. The Morgan fingerprint density at radius 2 is 1.81 bits per heavy atom. The monoisotopic (exact) mass is 356 g/mol. The van der Waals surface area contributed by atoms with Crippen LogP contribution >= 0.6 is 0 Å². The second-order valence-corrected chi connectivity index (χ2v) is 6.74. The van der Waals surface area contributed by atoms with Crippen LogP contribution in [-0.2, 0) is 9.59 Å². The number of aliphatic carboxylic acids is 1. The molecule has 0 aliphatic heterocycles. The molecule has 2 aromatic rings. The number of carboxylic acids is 1. The maximum Gasteiger partial charge on any atom is 0.307 e. The molecular formula is C19H20N2O5. The minimum atomic E-state index is -0.950. The number of anilines is 1. The number of methoxy groups -OCH3 is 1. The van der Waals surface area contributed by atoms with E-state index in [9.17, 15) is 14.7 Å². The lowest BCUT2D eigenvalue weighted by atomic mass is 10.1. The van der Waals surface area contributed by atoms with Gasteiger partial charge >= 0.3 is 5.97 Å². The number of nitrogens with one attached hydrogen (secondary N) is 1. The molecule has 2 atom stereocenters. The molecule has 3 rings (SSSR count). The van der Waals surface area contributed by atoms with Crippen molar-refractivity contribution in [3.63, 3.8) is 0 Å². The molecule has 0 bridgehead atoms. The van der Waals surface area contributed by atoms with Crippen LogP contribution in [0.15, 0.2) is 42.6 Å². The van der Waals surface area contributed by atoms with Crippen molar-refractivity contribution in [2.45, 2.75) is 13.8 Å². The van der Waals surface area contributed by atoms with Gasteiger partial charge in [0.25, 0.3) is 0 Å². The fraction of sp³-hybridized carbons (Fsp3) is 0.316. The number of carboxylic acid groups (broad SMARTS) is 1. The normalized spacial score (nSPS) is 20.1. The number of benzene rings is 1. The largest absolute Gasteiger partial charge is 0.493 e. The van der Waals surface area contributed by atoms with Crippen LogP contribution in [0, 0.1) is 17.3 Å². The van der Waals surface area contributed by atoms with Crippen LogP contribution in [0.1, 0.15) is 13.8 Å². The van der Waals surface area contributed by atoms with Crippen molar-refractivity contribution < 1.29 is 24.2 Å². The Bertz CT molecular complexity index is 832. The van der Waals surface area contributed by atoms with Gasteiger partial charge in [-0.1, -0.05) is 26.0 Å². The molecule has 1 amide bonds. The van der Waals surface area contributed by atoms with Gasteiger partial charge in [-0.3, -0.25) is 9.59 Å². The van der Waals surface area contributed by atoms with Crippen molar-refractivity contribution in [3.05, 3.63) is 42.6 Å². The number of carbonyl (C=O) groups is 2. The molecule has 0 saturated heterocycles. The van der Waals surface area contributed by atoms with E-state index in [1.807, 2.05) is 12.1 Å². The minimum Gasteiger partial charge on any atom is -0.493 e. The van der Waals surface area contributed by atoms with Crippen LogP contribution in [0.4, 0.5) is 5.69 Å². The van der Waals surface area contributed by atoms with Crippen LogP contribution in [0.5, 0.6) is 17.4 Å². The zero-order valence-corrected chi connectivity index (χ0v) is 14.7. The zero-order valence-electron chi connectivity index (χ0n) is 14.7. The maximum absolute atomic E-state index is 12.3. The van der Waals surface area contributed by atoms with Gasteiger partial charge in [0.1, 0.15) is 0 Å². The van der Waals surface area contributed by atoms with E-state index in [0.717, 1.165) is 0 Å². The first-order valence-corrected chi connectivity index (χ1v) is 8.15. The molecule has 2 N–H and O–H groups in total. The quantitative estimate of drug-likeness (QED) is 0.825. The summed E-state index contributed by atoms with van der Waals surface area (Å²) in [4.78, 5) is 27.7. The molecule has 1 aliphatic rings. The molecule has 1 aromatic carbocycles. The topological polar surface area (TPSA) is 97.8 Å². The Labute approximate surface area is 151 Å². The van der Waals surface area contributed by atoms with E-state index < -0.39 is 23.2 Å². The van der Waals surface area contributed by atoms with Crippen molar-refractivity contribution in [2.75, 3.05) is 12.4 Å². The number of amides is 1. The second-order valence-electron chi connectivity index (χ2n) is 6.74. The molecule has 1 fully saturated rings. The van der Waals surface area contributed by atoms with Gasteiger partial charge in [-0.05, 0) is 23.6 Å². The maximum atomic E-state index is 12.3. The molecule has 0 radical (unpaired) electrons. The first-order valence-electron chi connectivity index (χ1n) is 8.15. The number of hydrogen-bond acceptors (Lipinski definition) is 5. The Balaban J connectivity index is 1.65. The highest BCUT2D eigenvalue weighted by Gasteiger charge is 2.65. The second kappa shape index (κ2) is 6.67. The summed E-state index contributed by atoms with van der Waals surface area (Å²) in [7, 11) is 1.55. The standard InChI is InChI=1S/C19H20N2O5/c1-19(2)15(16(19)18(23)24)17(22)21-11-8-9-14(20-10-11)26-13-7-5-4-6-12(13)25-3/h4-10,15-16H,1-3H3,(H,21,22)(H,23,24). The molecule has 1 aliphatic carbocycles. The third kappa shape index (κ3) is 3.33. The lowest BCUT2D eigenvalue weighted by Gasteiger charge is -2.10. The number of carbonyl (C=O) groups excluding carboxylic acids is 1. The van der Waals surface area contributed by atoms with Gasteiger partial charge in [-0.25, -0.2) is 4.98 Å². The summed E-state index contributed by atoms with van der Waals surface area (Å²) >= 11 is 0. The van der Waals surface area contributed by atoms with E-state index in [2.05, 4.69) is 10.3 Å². The summed E-state index contributed by atoms with van der Waals surface area (Å²) in [6.07, 6.45) is 1.47. The van der Waals surface area contributed by atoms with E-state index in [0.29, 0.717) is 23.1 Å². The van der Waals surface area contributed by atoms with E-state index in [-0.39, 0.29) is 5.91 Å². The number of pyridine rings is 1. The van der Waals surface area contributed by atoms with E-state index in [1.165, 1.54) is 6.20 Å².